The number of rotatable bonds is 3. The molecule has 0 saturated carbocycles. The number of hydrogen-bond donors (Lipinski definition) is 1. The Kier molecular flexibility index (Phi) is 3.54. The van der Waals surface area contributed by atoms with Crippen molar-refractivity contribution in [2.24, 2.45) is 0 Å². The molecule has 106 valence electrons. The Bertz CT molecular complexity index is 789. The topological polar surface area (TPSA) is 36.4 Å². The lowest BCUT2D eigenvalue weighted by atomic mass is 10.1. The van der Waals surface area contributed by atoms with Crippen LogP contribution in [0, 0.1) is 5.82 Å². The third-order valence-corrected chi connectivity index (χ3v) is 3.48. The molecule has 0 spiro atoms. The molecule has 1 aromatic heterocycles. The number of halogens is 1. The molecule has 3 aromatic rings. The van der Waals surface area contributed by atoms with E-state index in [9.17, 15) is 9.50 Å². The minimum absolute atomic E-state index is 0.147. The Balaban J connectivity index is 2.16. The molecule has 0 atom stereocenters. The molecule has 0 fully saturated rings. The number of nitrogens with zero attached hydrogens (tertiary/aromatic N) is 2. The van der Waals surface area contributed by atoms with Gasteiger partial charge in [-0.15, -0.1) is 0 Å². The molecule has 0 aliphatic heterocycles. The maximum Gasteiger partial charge on any atom is 0.146 e. The Labute approximate surface area is 122 Å². The molecule has 0 aliphatic rings. The van der Waals surface area contributed by atoms with E-state index < -0.39 is 0 Å². The molecule has 21 heavy (non-hydrogen) atoms. The van der Waals surface area contributed by atoms with Gasteiger partial charge in [-0.05, 0) is 24.3 Å². The van der Waals surface area contributed by atoms with Crippen LogP contribution in [0.4, 0.5) is 15.9 Å². The summed E-state index contributed by atoms with van der Waals surface area (Å²) >= 11 is 0. The number of aromatic nitrogens is 1. The minimum Gasteiger partial charge on any atom is -0.392 e. The van der Waals surface area contributed by atoms with Gasteiger partial charge < -0.3 is 10.0 Å². The van der Waals surface area contributed by atoms with E-state index in [0.717, 1.165) is 10.9 Å². The van der Waals surface area contributed by atoms with E-state index in [2.05, 4.69) is 4.98 Å². The van der Waals surface area contributed by atoms with Crippen LogP contribution in [0.5, 0.6) is 0 Å². The van der Waals surface area contributed by atoms with Crippen molar-refractivity contribution < 1.29 is 9.50 Å². The second-order valence-corrected chi connectivity index (χ2v) is 4.83. The van der Waals surface area contributed by atoms with Crippen LogP contribution in [0.15, 0.2) is 54.6 Å². The number of aliphatic hydroxyl groups excluding tert-OH is 1. The van der Waals surface area contributed by atoms with Crippen LogP contribution < -0.4 is 4.90 Å². The Morgan fingerprint density at radius 2 is 1.81 bits per heavy atom. The molecule has 0 amide bonds. The van der Waals surface area contributed by atoms with Gasteiger partial charge in [-0.1, -0.05) is 30.3 Å². The number of aliphatic hydroxyl groups is 1. The van der Waals surface area contributed by atoms with Crippen molar-refractivity contribution in [2.45, 2.75) is 6.61 Å². The molecule has 0 bridgehead atoms. The maximum atomic E-state index is 13.9. The second kappa shape index (κ2) is 5.50. The first kappa shape index (κ1) is 13.5. The first-order valence-electron chi connectivity index (χ1n) is 6.68. The van der Waals surface area contributed by atoms with Crippen LogP contribution in [-0.2, 0) is 6.61 Å². The van der Waals surface area contributed by atoms with Gasteiger partial charge in [0.1, 0.15) is 11.6 Å². The van der Waals surface area contributed by atoms with Crippen LogP contribution in [0.3, 0.4) is 0 Å². The molecular weight excluding hydrogens is 267 g/mol. The summed E-state index contributed by atoms with van der Waals surface area (Å²) in [6, 6.07) is 16.1. The van der Waals surface area contributed by atoms with Crippen molar-refractivity contribution in [1.82, 2.24) is 4.98 Å². The number of fused-ring (bicyclic) bond motifs is 1. The van der Waals surface area contributed by atoms with Gasteiger partial charge in [0.2, 0.25) is 0 Å². The first-order valence-corrected chi connectivity index (χ1v) is 6.68. The molecular formula is C17H15FN2O. The molecule has 3 rings (SSSR count). The van der Waals surface area contributed by atoms with Crippen LogP contribution in [0.25, 0.3) is 10.9 Å². The van der Waals surface area contributed by atoms with E-state index >= 15 is 0 Å². The number of anilines is 2. The smallest absolute Gasteiger partial charge is 0.146 e. The van der Waals surface area contributed by atoms with Gasteiger partial charge in [0.05, 0.1) is 17.8 Å². The van der Waals surface area contributed by atoms with Gasteiger partial charge >= 0.3 is 0 Å². The minimum atomic E-state index is -0.321. The van der Waals surface area contributed by atoms with E-state index in [1.807, 2.05) is 30.3 Å². The quantitative estimate of drug-likeness (QED) is 0.797. The molecule has 0 radical (unpaired) electrons. The average Bonchev–Trinajstić information content (AvgIpc) is 2.53. The van der Waals surface area contributed by atoms with Crippen molar-refractivity contribution in [2.75, 3.05) is 11.9 Å². The predicted octanol–water partition coefficient (Wildman–Crippen LogP) is 3.63. The summed E-state index contributed by atoms with van der Waals surface area (Å²) in [5.41, 5.74) is 1.90. The lowest BCUT2D eigenvalue weighted by Gasteiger charge is -2.22. The highest BCUT2D eigenvalue weighted by atomic mass is 19.1. The van der Waals surface area contributed by atoms with E-state index in [1.165, 1.54) is 6.07 Å². The highest BCUT2D eigenvalue weighted by Crippen LogP contribution is 2.29. The van der Waals surface area contributed by atoms with Crippen molar-refractivity contribution in [3.63, 3.8) is 0 Å². The Morgan fingerprint density at radius 3 is 2.57 bits per heavy atom. The average molecular weight is 282 g/mol. The third-order valence-electron chi connectivity index (χ3n) is 3.48. The Hall–Kier alpha value is -2.46. The summed E-state index contributed by atoms with van der Waals surface area (Å²) in [5.74, 6) is 0.236. The lowest BCUT2D eigenvalue weighted by molar-refractivity contribution is 0.282. The van der Waals surface area contributed by atoms with Gasteiger partial charge in [0.15, 0.2) is 0 Å². The van der Waals surface area contributed by atoms with Crippen LogP contribution in [-0.4, -0.2) is 17.1 Å². The maximum absolute atomic E-state index is 13.9. The number of para-hydroxylation sites is 2. The molecule has 3 nitrogen and oxygen atoms in total. The van der Waals surface area contributed by atoms with Gasteiger partial charge in [-0.2, -0.15) is 0 Å². The normalized spacial score (nSPS) is 10.8. The number of benzene rings is 2. The zero-order valence-corrected chi connectivity index (χ0v) is 11.6. The highest BCUT2D eigenvalue weighted by molar-refractivity contribution is 5.82. The van der Waals surface area contributed by atoms with Crippen LogP contribution >= 0.6 is 0 Å². The molecule has 4 heteroatoms. The SMILES string of the molecule is CN(c1ccccc1F)c1nc2ccccc2cc1CO. The lowest BCUT2D eigenvalue weighted by Crippen LogP contribution is -2.15. The standard InChI is InChI=1S/C17H15FN2O/c1-20(16-9-5-3-7-14(16)18)17-13(11-21)10-12-6-2-4-8-15(12)19-17/h2-10,21H,11H2,1H3. The molecule has 2 aromatic carbocycles. The molecule has 0 aliphatic carbocycles. The van der Waals surface area contributed by atoms with E-state index in [-0.39, 0.29) is 12.4 Å². The fraction of sp³-hybridized carbons (Fsp3) is 0.118. The molecule has 1 heterocycles. The highest BCUT2D eigenvalue weighted by Gasteiger charge is 2.14. The third kappa shape index (κ3) is 2.45. The van der Waals surface area contributed by atoms with E-state index in [4.69, 9.17) is 0 Å². The zero-order valence-electron chi connectivity index (χ0n) is 11.6. The molecule has 1 N–H and O–H groups in total. The van der Waals surface area contributed by atoms with Gasteiger partial charge in [0.25, 0.3) is 0 Å². The summed E-state index contributed by atoms with van der Waals surface area (Å²) < 4.78 is 13.9. The number of pyridine rings is 1. The first-order chi connectivity index (χ1) is 10.2. The largest absolute Gasteiger partial charge is 0.392 e. The van der Waals surface area contributed by atoms with Gasteiger partial charge in [0, 0.05) is 18.0 Å². The zero-order chi connectivity index (χ0) is 14.8. The summed E-state index contributed by atoms with van der Waals surface area (Å²) in [5, 5.41) is 10.5. The van der Waals surface area contributed by atoms with Crippen molar-refractivity contribution >= 4 is 22.4 Å². The van der Waals surface area contributed by atoms with E-state index in [1.54, 1.807) is 30.1 Å². The van der Waals surface area contributed by atoms with Crippen molar-refractivity contribution in [3.05, 3.63) is 66.0 Å². The van der Waals surface area contributed by atoms with Crippen LogP contribution in [0.2, 0.25) is 0 Å². The van der Waals surface area contributed by atoms with Crippen LogP contribution in [0.1, 0.15) is 5.56 Å². The summed E-state index contributed by atoms with van der Waals surface area (Å²) in [6.45, 7) is -0.147. The van der Waals surface area contributed by atoms with Gasteiger partial charge in [-0.3, -0.25) is 0 Å². The predicted molar refractivity (Wildman–Crippen MR) is 82.1 cm³/mol. The van der Waals surface area contributed by atoms with Crippen molar-refractivity contribution in [3.8, 4) is 0 Å². The second-order valence-electron chi connectivity index (χ2n) is 4.83. The van der Waals surface area contributed by atoms with E-state index in [0.29, 0.717) is 17.1 Å². The molecule has 0 unspecified atom stereocenters. The fourth-order valence-corrected chi connectivity index (χ4v) is 2.39. The Morgan fingerprint density at radius 1 is 1.10 bits per heavy atom. The number of hydrogen-bond acceptors (Lipinski definition) is 3. The summed E-state index contributed by atoms with van der Waals surface area (Å²) in [7, 11) is 1.74. The molecule has 0 saturated heterocycles. The monoisotopic (exact) mass is 282 g/mol. The van der Waals surface area contributed by atoms with Gasteiger partial charge in [-0.25, -0.2) is 9.37 Å². The fourth-order valence-electron chi connectivity index (χ4n) is 2.39. The van der Waals surface area contributed by atoms with Crippen molar-refractivity contribution in [1.29, 1.82) is 0 Å². The summed E-state index contributed by atoms with van der Waals surface area (Å²) in [6.07, 6.45) is 0. The summed E-state index contributed by atoms with van der Waals surface area (Å²) in [4.78, 5) is 6.22.